The molecule has 0 aromatic rings. The first-order chi connectivity index (χ1) is 7.79. The lowest BCUT2D eigenvalue weighted by Gasteiger charge is -2.38. The molecule has 0 bridgehead atoms. The van der Waals surface area contributed by atoms with Gasteiger partial charge in [-0.15, -0.1) is 0 Å². The quantitative estimate of drug-likeness (QED) is 0.674. The highest BCUT2D eigenvalue weighted by atomic mass is 32.2. The highest BCUT2D eigenvalue weighted by molar-refractivity contribution is 7.91. The third-order valence-corrected chi connectivity index (χ3v) is 5.23. The summed E-state index contributed by atoms with van der Waals surface area (Å²) in [5, 5.41) is 19.8. The van der Waals surface area contributed by atoms with Crippen molar-refractivity contribution < 1.29 is 23.4 Å². The zero-order valence-corrected chi connectivity index (χ0v) is 10.7. The molecule has 0 unspecified atom stereocenters. The van der Waals surface area contributed by atoms with Gasteiger partial charge >= 0.3 is 6.09 Å². The Hall–Kier alpha value is -0.820. The largest absolute Gasteiger partial charge is 0.465 e. The molecule has 1 fully saturated rings. The van der Waals surface area contributed by atoms with E-state index in [-0.39, 0.29) is 18.4 Å². The Morgan fingerprint density at radius 2 is 1.94 bits per heavy atom. The van der Waals surface area contributed by atoms with Crippen molar-refractivity contribution in [3.63, 3.8) is 0 Å². The molecule has 3 N–H and O–H groups in total. The van der Waals surface area contributed by atoms with Gasteiger partial charge in [0.2, 0.25) is 0 Å². The van der Waals surface area contributed by atoms with Gasteiger partial charge in [-0.25, -0.2) is 13.2 Å². The van der Waals surface area contributed by atoms with Crippen LogP contribution in [0, 0.1) is 5.41 Å². The van der Waals surface area contributed by atoms with E-state index in [0.717, 1.165) is 0 Å². The Morgan fingerprint density at radius 3 is 2.29 bits per heavy atom. The van der Waals surface area contributed by atoms with Crippen molar-refractivity contribution in [2.75, 3.05) is 19.4 Å². The maximum absolute atomic E-state index is 11.4. The normalized spacial score (nSPS) is 29.9. The van der Waals surface area contributed by atoms with Gasteiger partial charge in [-0.2, -0.15) is 0 Å². The molecule has 17 heavy (non-hydrogen) atoms. The number of aliphatic hydroxyl groups is 1. The lowest BCUT2D eigenvalue weighted by Crippen LogP contribution is -2.44. The molecule has 100 valence electrons. The van der Waals surface area contributed by atoms with Crippen molar-refractivity contribution in [3.8, 4) is 0 Å². The number of sulfone groups is 1. The van der Waals surface area contributed by atoms with Crippen LogP contribution in [-0.2, 0) is 9.84 Å². The average Bonchev–Trinajstić information content (AvgIpc) is 2.26. The molecular formula is C10H19NO5S. The van der Waals surface area contributed by atoms with Crippen LogP contribution in [0.5, 0.6) is 0 Å². The number of carboxylic acid groups (broad SMARTS) is 1. The van der Waals surface area contributed by atoms with E-state index in [1.165, 1.54) is 6.26 Å². The second-order valence-electron chi connectivity index (χ2n) is 4.85. The summed E-state index contributed by atoms with van der Waals surface area (Å²) in [5.41, 5.74) is -0.500. The van der Waals surface area contributed by atoms with E-state index >= 15 is 0 Å². The summed E-state index contributed by atoms with van der Waals surface area (Å²) in [7, 11) is -3.03. The number of hydrogen-bond acceptors (Lipinski definition) is 4. The summed E-state index contributed by atoms with van der Waals surface area (Å²) in [6.07, 6.45) is 2.13. The second kappa shape index (κ2) is 5.22. The van der Waals surface area contributed by atoms with Gasteiger partial charge in [-0.1, -0.05) is 0 Å². The molecule has 0 saturated heterocycles. The Labute approximate surface area is 101 Å². The number of aliphatic hydroxyl groups excluding tert-OH is 1. The third-order valence-electron chi connectivity index (χ3n) is 3.55. The summed E-state index contributed by atoms with van der Waals surface area (Å²) in [4.78, 5) is 10.4. The molecule has 1 rings (SSSR count). The highest BCUT2D eigenvalue weighted by Gasteiger charge is 2.38. The van der Waals surface area contributed by atoms with Crippen molar-refractivity contribution in [1.82, 2.24) is 5.32 Å². The van der Waals surface area contributed by atoms with Crippen molar-refractivity contribution >= 4 is 15.9 Å². The third kappa shape index (κ3) is 3.85. The molecule has 1 amide bonds. The zero-order chi connectivity index (χ0) is 13.1. The van der Waals surface area contributed by atoms with E-state index in [0.29, 0.717) is 25.7 Å². The molecule has 0 atom stereocenters. The standard InChI is InChI=1S/C10H19NO5S/c1-17(15,16)8-2-4-10(7-12,5-3-8)6-11-9(13)14/h8,11-12H,2-7H2,1H3,(H,13,14). The molecule has 0 spiro atoms. The van der Waals surface area contributed by atoms with Gasteiger partial charge in [0.15, 0.2) is 0 Å². The van der Waals surface area contributed by atoms with Gasteiger partial charge in [0.05, 0.1) is 11.9 Å². The predicted octanol–water partition coefficient (Wildman–Crippen LogP) is 0.220. The Bertz CT molecular complexity index is 370. The maximum atomic E-state index is 11.4. The highest BCUT2D eigenvalue weighted by Crippen LogP contribution is 2.37. The Morgan fingerprint density at radius 1 is 1.41 bits per heavy atom. The molecule has 0 aromatic heterocycles. The Kier molecular flexibility index (Phi) is 4.37. The zero-order valence-electron chi connectivity index (χ0n) is 9.85. The van der Waals surface area contributed by atoms with E-state index in [4.69, 9.17) is 5.11 Å². The van der Waals surface area contributed by atoms with Crippen LogP contribution in [-0.4, -0.2) is 49.4 Å². The fraction of sp³-hybridized carbons (Fsp3) is 0.900. The summed E-state index contributed by atoms with van der Waals surface area (Å²) >= 11 is 0. The first-order valence-corrected chi connectivity index (χ1v) is 7.51. The minimum Gasteiger partial charge on any atom is -0.465 e. The van der Waals surface area contributed by atoms with Crippen molar-refractivity contribution in [2.45, 2.75) is 30.9 Å². The number of nitrogens with one attached hydrogen (secondary N) is 1. The van der Waals surface area contributed by atoms with E-state index < -0.39 is 21.3 Å². The van der Waals surface area contributed by atoms with Crippen LogP contribution in [0.1, 0.15) is 25.7 Å². The molecule has 1 aliphatic carbocycles. The predicted molar refractivity (Wildman–Crippen MR) is 62.6 cm³/mol. The molecule has 1 aliphatic rings. The summed E-state index contributed by atoms with van der Waals surface area (Å²) in [5.74, 6) is 0. The van der Waals surface area contributed by atoms with E-state index in [9.17, 15) is 18.3 Å². The summed E-state index contributed by atoms with van der Waals surface area (Å²) in [6.45, 7) is 0.0546. The fourth-order valence-electron chi connectivity index (χ4n) is 2.29. The maximum Gasteiger partial charge on any atom is 0.404 e. The smallest absolute Gasteiger partial charge is 0.404 e. The molecule has 0 aliphatic heterocycles. The van der Waals surface area contributed by atoms with Crippen molar-refractivity contribution in [2.24, 2.45) is 5.41 Å². The fourth-order valence-corrected chi connectivity index (χ4v) is 3.38. The van der Waals surface area contributed by atoms with Gasteiger partial charge in [-0.05, 0) is 25.7 Å². The van der Waals surface area contributed by atoms with Gasteiger partial charge < -0.3 is 15.5 Å². The molecule has 0 aromatic carbocycles. The average molecular weight is 265 g/mol. The molecule has 6 nitrogen and oxygen atoms in total. The van der Waals surface area contributed by atoms with Gasteiger partial charge in [0, 0.05) is 18.2 Å². The van der Waals surface area contributed by atoms with Crippen LogP contribution in [0.2, 0.25) is 0 Å². The minimum atomic E-state index is -3.03. The van der Waals surface area contributed by atoms with E-state index in [2.05, 4.69) is 5.32 Å². The molecule has 7 heteroatoms. The summed E-state index contributed by atoms with van der Waals surface area (Å²) in [6, 6.07) is 0. The van der Waals surface area contributed by atoms with Crippen molar-refractivity contribution in [1.29, 1.82) is 0 Å². The first-order valence-electron chi connectivity index (χ1n) is 5.56. The molecular weight excluding hydrogens is 246 g/mol. The lowest BCUT2D eigenvalue weighted by atomic mass is 9.74. The van der Waals surface area contributed by atoms with E-state index in [1.807, 2.05) is 0 Å². The van der Waals surface area contributed by atoms with Gasteiger partial charge in [0.25, 0.3) is 0 Å². The van der Waals surface area contributed by atoms with Crippen LogP contribution in [0.3, 0.4) is 0 Å². The Balaban J connectivity index is 2.60. The SMILES string of the molecule is CS(=O)(=O)C1CCC(CO)(CNC(=O)O)CC1. The number of carbonyl (C=O) groups is 1. The topological polar surface area (TPSA) is 104 Å². The lowest BCUT2D eigenvalue weighted by molar-refractivity contribution is 0.0814. The van der Waals surface area contributed by atoms with Crippen LogP contribution < -0.4 is 5.32 Å². The van der Waals surface area contributed by atoms with Crippen LogP contribution in [0.4, 0.5) is 4.79 Å². The van der Waals surface area contributed by atoms with Gasteiger partial charge in [0.1, 0.15) is 9.84 Å². The number of hydrogen-bond donors (Lipinski definition) is 3. The van der Waals surface area contributed by atoms with Crippen LogP contribution in [0.15, 0.2) is 0 Å². The van der Waals surface area contributed by atoms with E-state index in [1.54, 1.807) is 0 Å². The monoisotopic (exact) mass is 265 g/mol. The van der Waals surface area contributed by atoms with Gasteiger partial charge in [-0.3, -0.25) is 0 Å². The number of rotatable bonds is 4. The van der Waals surface area contributed by atoms with Crippen LogP contribution >= 0.6 is 0 Å². The minimum absolute atomic E-state index is 0.121. The second-order valence-corrected chi connectivity index (χ2v) is 7.17. The van der Waals surface area contributed by atoms with Crippen LogP contribution in [0.25, 0.3) is 0 Å². The summed E-state index contributed by atoms with van der Waals surface area (Å²) < 4.78 is 22.8. The number of amides is 1. The first kappa shape index (κ1) is 14.2. The molecule has 1 saturated carbocycles. The van der Waals surface area contributed by atoms with Crippen molar-refractivity contribution in [3.05, 3.63) is 0 Å². The molecule has 0 heterocycles. The molecule has 0 radical (unpaired) electrons.